The van der Waals surface area contributed by atoms with Gasteiger partial charge in [-0.15, -0.1) is 0 Å². The molecule has 1 aromatic carbocycles. The van der Waals surface area contributed by atoms with Gasteiger partial charge in [0.1, 0.15) is 6.54 Å². The molecule has 0 saturated heterocycles. The number of hydrogen-bond donors (Lipinski definition) is 1. The van der Waals surface area contributed by atoms with E-state index in [1.165, 1.54) is 24.3 Å². The predicted molar refractivity (Wildman–Crippen MR) is 59.5 cm³/mol. The van der Waals surface area contributed by atoms with E-state index >= 15 is 0 Å². The minimum Gasteiger partial charge on any atom is -0.480 e. The maximum atomic E-state index is 12.4. The largest absolute Gasteiger partial charge is 0.511 e. The summed E-state index contributed by atoms with van der Waals surface area (Å²) >= 11 is 0. The maximum absolute atomic E-state index is 12.4. The second-order valence-corrected chi connectivity index (χ2v) is 5.53. The van der Waals surface area contributed by atoms with Crippen LogP contribution in [0.4, 0.5) is 13.2 Å². The Morgan fingerprint density at radius 3 is 2.16 bits per heavy atom. The fraction of sp³-hybridized carbons (Fsp3) is 0.300. The number of sulfonamides is 1. The molecule has 0 aliphatic heterocycles. The van der Waals surface area contributed by atoms with Crippen molar-refractivity contribution >= 4 is 16.0 Å². The summed E-state index contributed by atoms with van der Waals surface area (Å²) in [5, 5.41) is 8.52. The predicted octanol–water partition coefficient (Wildman–Crippen LogP) is 1.42. The molecule has 0 bridgehead atoms. The van der Waals surface area contributed by atoms with E-state index in [1.54, 1.807) is 6.07 Å². The second kappa shape index (κ2) is 5.57. The van der Waals surface area contributed by atoms with Crippen molar-refractivity contribution in [3.05, 3.63) is 35.9 Å². The zero-order valence-electron chi connectivity index (χ0n) is 9.46. The van der Waals surface area contributed by atoms with E-state index in [4.69, 9.17) is 5.11 Å². The highest BCUT2D eigenvalue weighted by Gasteiger charge is 2.50. The molecule has 1 N–H and O–H groups in total. The van der Waals surface area contributed by atoms with Crippen LogP contribution in [0.2, 0.25) is 0 Å². The lowest BCUT2D eigenvalue weighted by molar-refractivity contribution is -0.137. The normalized spacial score (nSPS) is 12.6. The number of carboxylic acid groups (broad SMARTS) is 1. The smallest absolute Gasteiger partial charge is 0.480 e. The van der Waals surface area contributed by atoms with Crippen LogP contribution >= 0.6 is 0 Å². The molecule has 0 heterocycles. The van der Waals surface area contributed by atoms with E-state index in [0.29, 0.717) is 0 Å². The van der Waals surface area contributed by atoms with Crippen molar-refractivity contribution in [3.8, 4) is 0 Å². The molecule has 19 heavy (non-hydrogen) atoms. The molecule has 106 valence electrons. The van der Waals surface area contributed by atoms with Crippen molar-refractivity contribution in [2.24, 2.45) is 0 Å². The average molecular weight is 297 g/mol. The van der Waals surface area contributed by atoms with E-state index in [9.17, 15) is 26.4 Å². The third kappa shape index (κ3) is 3.93. The lowest BCUT2D eigenvalue weighted by Gasteiger charge is -2.21. The standard InChI is InChI=1S/C10H10F3NO4S/c11-10(12,13)19(17,18)14(7-9(15)16)6-8-4-2-1-3-5-8/h1-5H,6-7H2,(H,15,16). The Hall–Kier alpha value is -1.61. The summed E-state index contributed by atoms with van der Waals surface area (Å²) in [7, 11) is -5.68. The molecule has 0 saturated carbocycles. The number of alkyl halides is 3. The summed E-state index contributed by atoms with van der Waals surface area (Å²) in [5.74, 6) is -1.66. The molecule has 1 rings (SSSR count). The SMILES string of the molecule is O=C(O)CN(Cc1ccccc1)S(=O)(=O)C(F)(F)F. The summed E-state index contributed by atoms with van der Waals surface area (Å²) in [4.78, 5) is 10.5. The topological polar surface area (TPSA) is 74.7 Å². The first-order chi connectivity index (χ1) is 8.64. The van der Waals surface area contributed by atoms with Crippen molar-refractivity contribution in [3.63, 3.8) is 0 Å². The summed E-state index contributed by atoms with van der Waals surface area (Å²) in [6, 6.07) is 7.42. The van der Waals surface area contributed by atoms with Gasteiger partial charge in [-0.3, -0.25) is 4.79 Å². The molecule has 0 amide bonds. The molecule has 0 spiro atoms. The lowest BCUT2D eigenvalue weighted by Crippen LogP contribution is -2.42. The average Bonchev–Trinajstić information content (AvgIpc) is 2.27. The molecule has 0 aromatic heterocycles. The van der Waals surface area contributed by atoms with Crippen LogP contribution in [-0.2, 0) is 21.4 Å². The number of rotatable bonds is 5. The minimum absolute atomic E-state index is 0.120. The Balaban J connectivity index is 3.06. The number of aliphatic carboxylic acids is 1. The van der Waals surface area contributed by atoms with Gasteiger partial charge in [0.2, 0.25) is 0 Å². The molecule has 0 aliphatic rings. The van der Waals surface area contributed by atoms with Crippen LogP contribution in [0.1, 0.15) is 5.56 Å². The number of carboxylic acids is 1. The van der Waals surface area contributed by atoms with Gasteiger partial charge in [0.05, 0.1) is 0 Å². The first kappa shape index (κ1) is 15.4. The third-order valence-electron chi connectivity index (χ3n) is 2.15. The van der Waals surface area contributed by atoms with Crippen LogP contribution in [-0.4, -0.2) is 35.9 Å². The number of nitrogens with zero attached hydrogens (tertiary/aromatic N) is 1. The van der Waals surface area contributed by atoms with Gasteiger partial charge in [-0.1, -0.05) is 30.3 Å². The summed E-state index contributed by atoms with van der Waals surface area (Å²) in [6.07, 6.45) is 0. The number of benzene rings is 1. The Kier molecular flexibility index (Phi) is 4.53. The molecule has 5 nitrogen and oxygen atoms in total. The van der Waals surface area contributed by atoms with Gasteiger partial charge in [-0.25, -0.2) is 8.42 Å². The van der Waals surface area contributed by atoms with Gasteiger partial charge < -0.3 is 5.11 Å². The van der Waals surface area contributed by atoms with Gasteiger partial charge in [-0.05, 0) is 5.56 Å². The highest BCUT2D eigenvalue weighted by atomic mass is 32.2. The lowest BCUT2D eigenvalue weighted by atomic mass is 10.2. The van der Waals surface area contributed by atoms with E-state index < -0.39 is 34.6 Å². The van der Waals surface area contributed by atoms with Crippen molar-refractivity contribution in [2.75, 3.05) is 6.54 Å². The second-order valence-electron chi connectivity index (χ2n) is 3.60. The molecule has 0 radical (unpaired) electrons. The van der Waals surface area contributed by atoms with E-state index in [0.717, 1.165) is 0 Å². The quantitative estimate of drug-likeness (QED) is 0.892. The Labute approximate surface area is 107 Å². The van der Waals surface area contributed by atoms with Crippen LogP contribution in [0.25, 0.3) is 0 Å². The Bertz CT molecular complexity index is 542. The van der Waals surface area contributed by atoms with Crippen LogP contribution in [0, 0.1) is 0 Å². The molecular weight excluding hydrogens is 287 g/mol. The van der Waals surface area contributed by atoms with Crippen molar-refractivity contribution < 1.29 is 31.5 Å². The maximum Gasteiger partial charge on any atom is 0.511 e. The van der Waals surface area contributed by atoms with Gasteiger partial charge in [0, 0.05) is 6.54 Å². The number of halogens is 3. The fourth-order valence-corrected chi connectivity index (χ4v) is 2.20. The zero-order chi connectivity index (χ0) is 14.7. The van der Waals surface area contributed by atoms with E-state index in [2.05, 4.69) is 0 Å². The highest BCUT2D eigenvalue weighted by Crippen LogP contribution is 2.27. The summed E-state index contributed by atoms with van der Waals surface area (Å²) in [5.41, 5.74) is -5.27. The molecular formula is C10H10F3NO4S. The molecule has 0 unspecified atom stereocenters. The third-order valence-corrected chi connectivity index (χ3v) is 3.67. The van der Waals surface area contributed by atoms with Crippen LogP contribution in [0.15, 0.2) is 30.3 Å². The van der Waals surface area contributed by atoms with Crippen LogP contribution < -0.4 is 0 Å². The van der Waals surface area contributed by atoms with Gasteiger partial charge in [0.15, 0.2) is 0 Å². The van der Waals surface area contributed by atoms with Crippen LogP contribution in [0.5, 0.6) is 0 Å². The molecule has 9 heteroatoms. The van der Waals surface area contributed by atoms with E-state index in [1.807, 2.05) is 0 Å². The highest BCUT2D eigenvalue weighted by molar-refractivity contribution is 7.90. The molecule has 1 aromatic rings. The Morgan fingerprint density at radius 2 is 1.74 bits per heavy atom. The Morgan fingerprint density at radius 1 is 1.21 bits per heavy atom. The molecule has 0 atom stereocenters. The fourth-order valence-electron chi connectivity index (χ4n) is 1.31. The summed E-state index contributed by atoms with van der Waals surface area (Å²) < 4.78 is 59.6. The van der Waals surface area contributed by atoms with Crippen LogP contribution in [0.3, 0.4) is 0 Å². The minimum atomic E-state index is -5.68. The van der Waals surface area contributed by atoms with E-state index in [-0.39, 0.29) is 9.87 Å². The first-order valence-electron chi connectivity index (χ1n) is 4.96. The summed E-state index contributed by atoms with van der Waals surface area (Å²) in [6.45, 7) is -1.91. The first-order valence-corrected chi connectivity index (χ1v) is 6.41. The molecule has 0 aliphatic carbocycles. The monoisotopic (exact) mass is 297 g/mol. The number of carbonyl (C=O) groups is 1. The van der Waals surface area contributed by atoms with Gasteiger partial charge in [0.25, 0.3) is 0 Å². The van der Waals surface area contributed by atoms with Crippen molar-refractivity contribution in [2.45, 2.75) is 12.1 Å². The molecule has 0 fully saturated rings. The van der Waals surface area contributed by atoms with Gasteiger partial charge in [-0.2, -0.15) is 17.5 Å². The van der Waals surface area contributed by atoms with Crippen molar-refractivity contribution in [1.29, 1.82) is 0 Å². The zero-order valence-corrected chi connectivity index (χ0v) is 10.3. The number of hydrogen-bond acceptors (Lipinski definition) is 3. The van der Waals surface area contributed by atoms with Gasteiger partial charge >= 0.3 is 21.5 Å². The van der Waals surface area contributed by atoms with Crippen molar-refractivity contribution in [1.82, 2.24) is 4.31 Å².